The maximum Gasteiger partial charge on any atom is 0.260 e. The number of aromatic amines is 1. The molecule has 0 aliphatic heterocycles. The van der Waals surface area contributed by atoms with Gasteiger partial charge < -0.3 is 15.6 Å². The summed E-state index contributed by atoms with van der Waals surface area (Å²) >= 11 is 2.80. The summed E-state index contributed by atoms with van der Waals surface area (Å²) in [5.41, 5.74) is 1.68. The molecule has 2 aromatic heterocycles. The lowest BCUT2D eigenvalue weighted by atomic mass is 10.1. The summed E-state index contributed by atoms with van der Waals surface area (Å²) in [5, 5.41) is 7.65. The number of rotatable bonds is 8. The lowest BCUT2D eigenvalue weighted by molar-refractivity contribution is -0.125. The largest absolute Gasteiger partial charge is 0.352 e. The Morgan fingerprint density at radius 1 is 1.30 bits per heavy atom. The number of hydrogen-bond donors (Lipinski definition) is 3. The molecule has 9 heteroatoms. The van der Waals surface area contributed by atoms with Gasteiger partial charge in [-0.15, -0.1) is 23.1 Å². The van der Waals surface area contributed by atoms with E-state index < -0.39 is 0 Å². The van der Waals surface area contributed by atoms with Crippen molar-refractivity contribution < 1.29 is 9.59 Å². The lowest BCUT2D eigenvalue weighted by Crippen LogP contribution is -2.40. The fourth-order valence-corrected chi connectivity index (χ4v) is 4.74. The Hall–Kier alpha value is -2.65. The van der Waals surface area contributed by atoms with E-state index in [0.29, 0.717) is 21.8 Å². The molecule has 0 spiro atoms. The van der Waals surface area contributed by atoms with E-state index in [9.17, 15) is 14.4 Å². The van der Waals surface area contributed by atoms with Gasteiger partial charge in [0.2, 0.25) is 11.8 Å². The van der Waals surface area contributed by atoms with Gasteiger partial charge in [0.05, 0.1) is 22.9 Å². The van der Waals surface area contributed by atoms with Crippen LogP contribution in [0, 0.1) is 0 Å². The Balaban J connectivity index is 1.37. The molecule has 1 aliphatic carbocycles. The van der Waals surface area contributed by atoms with Crippen LogP contribution < -0.4 is 16.2 Å². The summed E-state index contributed by atoms with van der Waals surface area (Å²) in [4.78, 5) is 44.7. The maximum absolute atomic E-state index is 12.7. The van der Waals surface area contributed by atoms with Crippen molar-refractivity contribution in [3.05, 3.63) is 51.9 Å². The summed E-state index contributed by atoms with van der Waals surface area (Å²) in [6, 6.07) is 10.0. The average molecular weight is 443 g/mol. The second-order valence-corrected chi connectivity index (χ2v) is 9.41. The Bertz CT molecular complexity index is 1120. The molecule has 0 saturated heterocycles. The van der Waals surface area contributed by atoms with E-state index in [1.54, 1.807) is 6.92 Å². The minimum atomic E-state index is -0.372. The molecule has 0 unspecified atom stereocenters. The van der Waals surface area contributed by atoms with Gasteiger partial charge in [-0.05, 0) is 25.3 Å². The number of carbonyl (C=O) groups excluding carboxylic acids is 2. The number of nitrogens with one attached hydrogen (secondary N) is 3. The molecule has 1 aliphatic rings. The van der Waals surface area contributed by atoms with Crippen LogP contribution in [0.1, 0.15) is 25.6 Å². The zero-order chi connectivity index (χ0) is 21.1. The van der Waals surface area contributed by atoms with E-state index in [1.165, 1.54) is 23.1 Å². The van der Waals surface area contributed by atoms with Gasteiger partial charge in [0, 0.05) is 17.0 Å². The van der Waals surface area contributed by atoms with Gasteiger partial charge in [0.1, 0.15) is 10.7 Å². The smallest absolute Gasteiger partial charge is 0.260 e. The number of aromatic nitrogens is 2. The number of H-pyrrole nitrogens is 1. The van der Waals surface area contributed by atoms with Gasteiger partial charge >= 0.3 is 0 Å². The predicted octanol–water partition coefficient (Wildman–Crippen LogP) is 2.67. The van der Waals surface area contributed by atoms with Crippen LogP contribution in [0.3, 0.4) is 0 Å². The van der Waals surface area contributed by atoms with Crippen molar-refractivity contribution in [2.45, 2.75) is 36.8 Å². The second kappa shape index (κ2) is 9.01. The Labute approximate surface area is 181 Å². The van der Waals surface area contributed by atoms with Crippen LogP contribution in [0.4, 0.5) is 0 Å². The minimum Gasteiger partial charge on any atom is -0.352 e. The van der Waals surface area contributed by atoms with Crippen LogP contribution in [-0.2, 0) is 15.3 Å². The zero-order valence-corrected chi connectivity index (χ0v) is 18.1. The third-order valence-corrected chi connectivity index (χ3v) is 6.81. The van der Waals surface area contributed by atoms with Crippen molar-refractivity contribution >= 4 is 45.1 Å². The van der Waals surface area contributed by atoms with Gasteiger partial charge in [-0.1, -0.05) is 30.3 Å². The summed E-state index contributed by atoms with van der Waals surface area (Å²) in [7, 11) is 0. The molecule has 30 heavy (non-hydrogen) atoms. The Morgan fingerprint density at radius 2 is 2.07 bits per heavy atom. The number of nitrogens with zero attached hydrogens (tertiary/aromatic N) is 1. The molecule has 4 rings (SSSR count). The van der Waals surface area contributed by atoms with Crippen molar-refractivity contribution in [1.82, 2.24) is 20.6 Å². The monoisotopic (exact) mass is 442 g/mol. The first-order chi connectivity index (χ1) is 14.5. The van der Waals surface area contributed by atoms with Crippen LogP contribution in [0.15, 0.2) is 40.5 Å². The highest BCUT2D eigenvalue weighted by atomic mass is 32.2. The highest BCUT2D eigenvalue weighted by Gasteiger charge is 2.23. The number of thioether (sulfide) groups is 1. The zero-order valence-electron chi connectivity index (χ0n) is 16.4. The van der Waals surface area contributed by atoms with Gasteiger partial charge in [-0.3, -0.25) is 14.4 Å². The molecule has 7 nitrogen and oxygen atoms in total. The molecule has 3 aromatic rings. The highest BCUT2D eigenvalue weighted by molar-refractivity contribution is 7.99. The molecule has 1 fully saturated rings. The lowest BCUT2D eigenvalue weighted by Gasteiger charge is -2.11. The Kier molecular flexibility index (Phi) is 6.19. The molecule has 0 bridgehead atoms. The van der Waals surface area contributed by atoms with Crippen LogP contribution >= 0.6 is 23.1 Å². The minimum absolute atomic E-state index is 0.0151. The number of hydrogen-bond acceptors (Lipinski definition) is 6. The van der Waals surface area contributed by atoms with E-state index in [2.05, 4.69) is 20.6 Å². The molecule has 0 radical (unpaired) electrons. The number of thiophene rings is 1. The van der Waals surface area contributed by atoms with E-state index in [1.807, 2.05) is 35.7 Å². The van der Waals surface area contributed by atoms with E-state index >= 15 is 0 Å². The van der Waals surface area contributed by atoms with Crippen molar-refractivity contribution in [1.29, 1.82) is 0 Å². The average Bonchev–Trinajstić information content (AvgIpc) is 3.45. The van der Waals surface area contributed by atoms with Gasteiger partial charge in [0.25, 0.3) is 5.56 Å². The maximum atomic E-state index is 12.7. The molecule has 156 valence electrons. The van der Waals surface area contributed by atoms with Crippen LogP contribution in [-0.4, -0.2) is 39.6 Å². The first-order valence-electron chi connectivity index (χ1n) is 9.76. The number of fused-ring (bicyclic) bond motifs is 1. The normalized spacial score (nSPS) is 14.4. The summed E-state index contributed by atoms with van der Waals surface area (Å²) in [5.74, 6) is 0.556. The summed E-state index contributed by atoms with van der Waals surface area (Å²) in [6.07, 6.45) is 2.02. The van der Waals surface area contributed by atoms with Gasteiger partial charge in [-0.2, -0.15) is 0 Å². The number of benzene rings is 1. The van der Waals surface area contributed by atoms with Gasteiger partial charge in [0.15, 0.2) is 0 Å². The summed E-state index contributed by atoms with van der Waals surface area (Å²) < 4.78 is 0. The van der Waals surface area contributed by atoms with Crippen molar-refractivity contribution in [3.8, 4) is 11.1 Å². The standard InChI is InChI=1S/C21H22N4O3S2/c1-12(19(27)22-9-17(26)23-14-7-8-14)29-11-16-24-20(28)18-15(10-30-21(18)25-16)13-5-3-2-4-6-13/h2-6,10,12,14H,7-9,11H2,1H3,(H,22,27)(H,23,26)(H,24,25,28)/t12-/m0/s1. The Morgan fingerprint density at radius 3 is 2.80 bits per heavy atom. The molecule has 1 saturated carbocycles. The first kappa shape index (κ1) is 20.6. The van der Waals surface area contributed by atoms with Crippen molar-refractivity contribution in [2.75, 3.05) is 6.54 Å². The third kappa shape index (κ3) is 4.91. The molecule has 1 atom stereocenters. The molecule has 2 heterocycles. The first-order valence-corrected chi connectivity index (χ1v) is 11.7. The molecule has 1 aromatic carbocycles. The van der Waals surface area contributed by atoms with E-state index in [-0.39, 0.29) is 35.2 Å². The van der Waals surface area contributed by atoms with Crippen molar-refractivity contribution in [3.63, 3.8) is 0 Å². The van der Waals surface area contributed by atoms with E-state index in [4.69, 9.17) is 0 Å². The van der Waals surface area contributed by atoms with Crippen LogP contribution in [0.25, 0.3) is 21.3 Å². The van der Waals surface area contributed by atoms with E-state index in [0.717, 1.165) is 24.0 Å². The SMILES string of the molecule is C[C@H](SCc1nc2scc(-c3ccccc3)c2c(=O)[nH]1)C(=O)NCC(=O)NC1CC1. The molecular weight excluding hydrogens is 420 g/mol. The summed E-state index contributed by atoms with van der Waals surface area (Å²) in [6.45, 7) is 1.76. The van der Waals surface area contributed by atoms with Crippen LogP contribution in [0.5, 0.6) is 0 Å². The fourth-order valence-electron chi connectivity index (χ4n) is 2.99. The molecule has 3 N–H and O–H groups in total. The number of amides is 2. The molecule has 2 amide bonds. The fraction of sp³-hybridized carbons (Fsp3) is 0.333. The van der Waals surface area contributed by atoms with Gasteiger partial charge in [-0.25, -0.2) is 4.98 Å². The van der Waals surface area contributed by atoms with Crippen molar-refractivity contribution in [2.24, 2.45) is 0 Å². The predicted molar refractivity (Wildman–Crippen MR) is 121 cm³/mol. The number of carbonyl (C=O) groups is 2. The van der Waals surface area contributed by atoms with Crippen LogP contribution in [0.2, 0.25) is 0 Å². The third-order valence-electron chi connectivity index (χ3n) is 4.78. The topological polar surface area (TPSA) is 104 Å². The quantitative estimate of drug-likeness (QED) is 0.498. The highest BCUT2D eigenvalue weighted by Crippen LogP contribution is 2.30. The molecular formula is C21H22N4O3S2. The second-order valence-electron chi connectivity index (χ2n) is 7.22.